The van der Waals surface area contributed by atoms with Crippen molar-refractivity contribution in [3.8, 4) is 5.75 Å². The van der Waals surface area contributed by atoms with Gasteiger partial charge < -0.3 is 20.5 Å². The number of carbonyl (C=O) groups excluding carboxylic acids is 1. The summed E-state index contributed by atoms with van der Waals surface area (Å²) in [5.74, 6) is -0.00922. The lowest BCUT2D eigenvalue weighted by atomic mass is 10.1. The number of hydrogen-bond acceptors (Lipinski definition) is 4. The summed E-state index contributed by atoms with van der Waals surface area (Å²) < 4.78 is 5.85. The minimum Gasteiger partial charge on any atom is -0.493 e. The molecule has 1 aromatic carbocycles. The van der Waals surface area contributed by atoms with E-state index in [0.717, 1.165) is 36.1 Å². The van der Waals surface area contributed by atoms with Gasteiger partial charge in [-0.3, -0.25) is 9.59 Å². The summed E-state index contributed by atoms with van der Waals surface area (Å²) in [5.41, 5.74) is 1.92. The van der Waals surface area contributed by atoms with Gasteiger partial charge in [0.25, 0.3) is 0 Å². The number of fused-ring (bicyclic) bond motifs is 1. The highest BCUT2D eigenvalue weighted by molar-refractivity contribution is 5.77. The minimum absolute atomic E-state index is 0.00579. The van der Waals surface area contributed by atoms with Gasteiger partial charge >= 0.3 is 5.97 Å². The molecule has 6 nitrogen and oxygen atoms in total. The SMILES string of the molecule is O=C(O)CCc1ccc2c(c1)CNCC(=O)NCCCCCO2. The Morgan fingerprint density at radius 3 is 2.91 bits per heavy atom. The fourth-order valence-corrected chi connectivity index (χ4v) is 2.51. The second-order valence-corrected chi connectivity index (χ2v) is 5.70. The van der Waals surface area contributed by atoms with Gasteiger partial charge in [0.05, 0.1) is 13.2 Å². The topological polar surface area (TPSA) is 87.7 Å². The molecule has 0 unspecified atom stereocenters. The lowest BCUT2D eigenvalue weighted by Crippen LogP contribution is -2.34. The molecule has 6 heteroatoms. The molecule has 0 bridgehead atoms. The van der Waals surface area contributed by atoms with Crippen molar-refractivity contribution in [3.63, 3.8) is 0 Å². The summed E-state index contributed by atoms with van der Waals surface area (Å²) in [5, 5.41) is 14.8. The van der Waals surface area contributed by atoms with Gasteiger partial charge in [-0.05, 0) is 37.3 Å². The molecule has 1 aromatic rings. The Morgan fingerprint density at radius 1 is 1.22 bits per heavy atom. The minimum atomic E-state index is -0.805. The lowest BCUT2D eigenvalue weighted by molar-refractivity contribution is -0.137. The molecule has 2 rings (SSSR count). The van der Waals surface area contributed by atoms with Crippen molar-refractivity contribution >= 4 is 11.9 Å². The Labute approximate surface area is 136 Å². The molecule has 0 atom stereocenters. The predicted molar refractivity (Wildman–Crippen MR) is 86.5 cm³/mol. The molecule has 1 amide bonds. The second kappa shape index (κ2) is 9.15. The average Bonchev–Trinajstić information content (AvgIpc) is 2.54. The number of hydrogen-bond donors (Lipinski definition) is 3. The molecular formula is C17H24N2O4. The third kappa shape index (κ3) is 6.28. The van der Waals surface area contributed by atoms with Gasteiger partial charge in [-0.2, -0.15) is 0 Å². The molecule has 0 aromatic heterocycles. The summed E-state index contributed by atoms with van der Waals surface area (Å²) in [6, 6.07) is 5.77. The van der Waals surface area contributed by atoms with Crippen LogP contribution in [-0.4, -0.2) is 36.7 Å². The normalized spacial score (nSPS) is 16.8. The summed E-state index contributed by atoms with van der Waals surface area (Å²) in [6.07, 6.45) is 3.51. The maximum Gasteiger partial charge on any atom is 0.303 e. The summed E-state index contributed by atoms with van der Waals surface area (Å²) >= 11 is 0. The Morgan fingerprint density at radius 2 is 2.09 bits per heavy atom. The van der Waals surface area contributed by atoms with Gasteiger partial charge in [0.1, 0.15) is 5.75 Å². The van der Waals surface area contributed by atoms with Crippen LogP contribution in [0.2, 0.25) is 0 Å². The predicted octanol–water partition coefficient (Wildman–Crippen LogP) is 1.47. The van der Waals surface area contributed by atoms with Crippen LogP contribution in [0.1, 0.15) is 36.8 Å². The first kappa shape index (κ1) is 17.3. The number of aliphatic carboxylic acids is 1. The first-order valence-corrected chi connectivity index (χ1v) is 8.09. The number of carboxylic acids is 1. The van der Waals surface area contributed by atoms with Gasteiger partial charge in [0.15, 0.2) is 0 Å². The number of aryl methyl sites for hydroxylation is 1. The average molecular weight is 320 g/mol. The highest BCUT2D eigenvalue weighted by atomic mass is 16.5. The molecule has 0 saturated carbocycles. The Balaban J connectivity index is 2.07. The van der Waals surface area contributed by atoms with E-state index in [0.29, 0.717) is 26.1 Å². The quantitative estimate of drug-likeness (QED) is 0.785. The summed E-state index contributed by atoms with van der Waals surface area (Å²) in [4.78, 5) is 22.4. The van der Waals surface area contributed by atoms with Crippen LogP contribution in [0.4, 0.5) is 0 Å². The van der Waals surface area contributed by atoms with Crippen molar-refractivity contribution in [2.75, 3.05) is 19.7 Å². The van der Waals surface area contributed by atoms with Crippen molar-refractivity contribution in [2.24, 2.45) is 0 Å². The van der Waals surface area contributed by atoms with E-state index in [1.165, 1.54) is 0 Å². The van der Waals surface area contributed by atoms with Gasteiger partial charge in [-0.15, -0.1) is 0 Å². The van der Waals surface area contributed by atoms with Crippen molar-refractivity contribution < 1.29 is 19.4 Å². The zero-order valence-electron chi connectivity index (χ0n) is 13.3. The molecule has 0 aliphatic carbocycles. The van der Waals surface area contributed by atoms with E-state index >= 15 is 0 Å². The fourth-order valence-electron chi connectivity index (χ4n) is 2.51. The first-order valence-electron chi connectivity index (χ1n) is 8.09. The molecule has 0 saturated heterocycles. The number of rotatable bonds is 3. The van der Waals surface area contributed by atoms with Crippen molar-refractivity contribution in [3.05, 3.63) is 29.3 Å². The fraction of sp³-hybridized carbons (Fsp3) is 0.529. The van der Waals surface area contributed by atoms with Gasteiger partial charge in [0.2, 0.25) is 5.91 Å². The number of ether oxygens (including phenoxy) is 1. The van der Waals surface area contributed by atoms with Crippen LogP contribution in [-0.2, 0) is 22.6 Å². The molecule has 1 aliphatic heterocycles. The number of benzene rings is 1. The van der Waals surface area contributed by atoms with Crippen LogP contribution in [0.5, 0.6) is 5.75 Å². The van der Waals surface area contributed by atoms with Crippen molar-refractivity contribution in [1.82, 2.24) is 10.6 Å². The van der Waals surface area contributed by atoms with Gasteiger partial charge in [0, 0.05) is 25.1 Å². The number of carbonyl (C=O) groups is 2. The van der Waals surface area contributed by atoms with E-state index in [1.54, 1.807) is 0 Å². The lowest BCUT2D eigenvalue weighted by Gasteiger charge is -2.13. The van der Waals surface area contributed by atoms with Crippen LogP contribution >= 0.6 is 0 Å². The highest BCUT2D eigenvalue weighted by Crippen LogP contribution is 2.21. The smallest absolute Gasteiger partial charge is 0.303 e. The van der Waals surface area contributed by atoms with Crippen LogP contribution in [0.3, 0.4) is 0 Å². The van der Waals surface area contributed by atoms with E-state index in [2.05, 4.69) is 10.6 Å². The molecule has 0 fully saturated rings. The van der Waals surface area contributed by atoms with E-state index in [-0.39, 0.29) is 18.9 Å². The Kier molecular flexibility index (Phi) is 6.87. The van der Waals surface area contributed by atoms with E-state index in [9.17, 15) is 9.59 Å². The van der Waals surface area contributed by atoms with Crippen LogP contribution in [0.25, 0.3) is 0 Å². The number of carboxylic acid groups (broad SMARTS) is 1. The van der Waals surface area contributed by atoms with E-state index < -0.39 is 5.97 Å². The number of amides is 1. The third-order valence-electron chi connectivity index (χ3n) is 3.75. The molecule has 23 heavy (non-hydrogen) atoms. The maximum absolute atomic E-state index is 11.7. The molecule has 126 valence electrons. The second-order valence-electron chi connectivity index (χ2n) is 5.70. The molecular weight excluding hydrogens is 296 g/mol. The standard InChI is InChI=1S/C17H24N2O4/c20-16-12-18-11-14-10-13(5-7-17(21)22)4-6-15(14)23-9-3-1-2-8-19-16/h4,6,10,18H,1-3,5,7-9,11-12H2,(H,19,20)(H,21,22). The molecule has 0 radical (unpaired) electrons. The summed E-state index contributed by atoms with van der Waals surface area (Å²) in [7, 11) is 0. The van der Waals surface area contributed by atoms with Gasteiger partial charge in [-0.1, -0.05) is 12.1 Å². The van der Waals surface area contributed by atoms with E-state index in [1.807, 2.05) is 18.2 Å². The van der Waals surface area contributed by atoms with Crippen LogP contribution in [0, 0.1) is 0 Å². The highest BCUT2D eigenvalue weighted by Gasteiger charge is 2.09. The first-order chi connectivity index (χ1) is 11.1. The third-order valence-corrected chi connectivity index (χ3v) is 3.75. The molecule has 3 N–H and O–H groups in total. The Hall–Kier alpha value is -2.08. The Bertz CT molecular complexity index is 545. The van der Waals surface area contributed by atoms with Crippen molar-refractivity contribution in [2.45, 2.75) is 38.6 Å². The number of nitrogens with one attached hydrogen (secondary N) is 2. The maximum atomic E-state index is 11.7. The zero-order valence-corrected chi connectivity index (χ0v) is 13.3. The summed E-state index contributed by atoms with van der Waals surface area (Å²) in [6.45, 7) is 2.13. The van der Waals surface area contributed by atoms with Crippen LogP contribution < -0.4 is 15.4 Å². The molecule has 1 heterocycles. The molecule has 1 aliphatic rings. The largest absolute Gasteiger partial charge is 0.493 e. The van der Waals surface area contributed by atoms with Crippen LogP contribution in [0.15, 0.2) is 18.2 Å². The van der Waals surface area contributed by atoms with Crippen molar-refractivity contribution in [1.29, 1.82) is 0 Å². The molecule has 0 spiro atoms. The monoisotopic (exact) mass is 320 g/mol. The zero-order chi connectivity index (χ0) is 16.5. The van der Waals surface area contributed by atoms with E-state index in [4.69, 9.17) is 9.84 Å². The van der Waals surface area contributed by atoms with Gasteiger partial charge in [-0.25, -0.2) is 0 Å².